The molecule has 0 radical (unpaired) electrons. The molecule has 1 aliphatic rings. The van der Waals surface area contributed by atoms with Crippen LogP contribution in [-0.2, 0) is 0 Å². The molecule has 0 saturated carbocycles. The highest BCUT2D eigenvalue weighted by Crippen LogP contribution is 2.19. The summed E-state index contributed by atoms with van der Waals surface area (Å²) in [5.41, 5.74) is 7.17. The summed E-state index contributed by atoms with van der Waals surface area (Å²) in [4.78, 5) is 8.91. The van der Waals surface area contributed by atoms with Gasteiger partial charge < -0.3 is 15.8 Å². The first-order chi connectivity index (χ1) is 9.26. The molecule has 104 valence electrons. The third-order valence-electron chi connectivity index (χ3n) is 3.39. The number of piperazine rings is 1. The summed E-state index contributed by atoms with van der Waals surface area (Å²) < 4.78 is 0. The van der Waals surface area contributed by atoms with Gasteiger partial charge in [0, 0.05) is 32.4 Å². The standard InChI is InChI=1S/C13H21N5O/c1-2-6-17-7-9-18(10-8-17)11-4-3-5-15-12(11)13(14)16-19/h3-5,19H,2,6-10H2,1H3,(H2,14,16). The summed E-state index contributed by atoms with van der Waals surface area (Å²) in [5, 5.41) is 11.9. The Labute approximate surface area is 113 Å². The second-order valence-corrected chi connectivity index (χ2v) is 4.69. The highest BCUT2D eigenvalue weighted by Gasteiger charge is 2.20. The minimum atomic E-state index is 0.0617. The predicted octanol–water partition coefficient (Wildman–Crippen LogP) is 0.708. The number of hydrogen-bond acceptors (Lipinski definition) is 5. The van der Waals surface area contributed by atoms with Crippen molar-refractivity contribution in [3.63, 3.8) is 0 Å². The molecule has 6 heteroatoms. The molecule has 0 spiro atoms. The van der Waals surface area contributed by atoms with Crippen molar-refractivity contribution in [1.29, 1.82) is 0 Å². The second-order valence-electron chi connectivity index (χ2n) is 4.69. The van der Waals surface area contributed by atoms with Crippen LogP contribution in [0.4, 0.5) is 5.69 Å². The number of amidine groups is 1. The lowest BCUT2D eigenvalue weighted by Crippen LogP contribution is -2.47. The first-order valence-corrected chi connectivity index (χ1v) is 6.66. The Kier molecular flexibility index (Phi) is 4.57. The molecule has 6 nitrogen and oxygen atoms in total. The zero-order valence-corrected chi connectivity index (χ0v) is 11.3. The van der Waals surface area contributed by atoms with E-state index in [1.54, 1.807) is 6.20 Å². The van der Waals surface area contributed by atoms with Gasteiger partial charge in [-0.25, -0.2) is 0 Å². The van der Waals surface area contributed by atoms with Crippen molar-refractivity contribution in [3.8, 4) is 0 Å². The van der Waals surface area contributed by atoms with E-state index < -0.39 is 0 Å². The number of pyridine rings is 1. The molecule has 0 aromatic carbocycles. The maximum Gasteiger partial charge on any atom is 0.190 e. The highest BCUT2D eigenvalue weighted by atomic mass is 16.4. The molecule has 0 amide bonds. The Hall–Kier alpha value is -1.82. The molecule has 1 fully saturated rings. The number of nitrogens with zero attached hydrogens (tertiary/aromatic N) is 4. The van der Waals surface area contributed by atoms with Crippen LogP contribution in [0.5, 0.6) is 0 Å². The van der Waals surface area contributed by atoms with Gasteiger partial charge in [0.25, 0.3) is 0 Å². The van der Waals surface area contributed by atoms with Crippen LogP contribution in [0.15, 0.2) is 23.5 Å². The van der Waals surface area contributed by atoms with Gasteiger partial charge in [0.15, 0.2) is 5.84 Å². The highest BCUT2D eigenvalue weighted by molar-refractivity contribution is 6.00. The van der Waals surface area contributed by atoms with Gasteiger partial charge in [0.1, 0.15) is 5.69 Å². The van der Waals surface area contributed by atoms with Crippen LogP contribution in [-0.4, -0.2) is 53.7 Å². The average Bonchev–Trinajstić information content (AvgIpc) is 2.47. The Morgan fingerprint density at radius 2 is 2.16 bits per heavy atom. The number of hydrogen-bond donors (Lipinski definition) is 2. The summed E-state index contributed by atoms with van der Waals surface area (Å²) >= 11 is 0. The molecular weight excluding hydrogens is 242 g/mol. The van der Waals surface area contributed by atoms with Gasteiger partial charge in [-0.15, -0.1) is 0 Å². The van der Waals surface area contributed by atoms with E-state index in [1.807, 2.05) is 12.1 Å². The largest absolute Gasteiger partial charge is 0.409 e. The fourth-order valence-corrected chi connectivity index (χ4v) is 2.43. The van der Waals surface area contributed by atoms with Gasteiger partial charge in [0.05, 0.1) is 5.69 Å². The number of anilines is 1. The monoisotopic (exact) mass is 263 g/mol. The van der Waals surface area contributed by atoms with E-state index in [0.717, 1.165) is 38.4 Å². The molecule has 1 aliphatic heterocycles. The number of nitrogens with two attached hydrogens (primary N) is 1. The third kappa shape index (κ3) is 3.14. The van der Waals surface area contributed by atoms with Crippen LogP contribution in [0.1, 0.15) is 19.0 Å². The summed E-state index contributed by atoms with van der Waals surface area (Å²) in [6, 6.07) is 3.84. The minimum absolute atomic E-state index is 0.0617. The van der Waals surface area contributed by atoms with Crippen LogP contribution in [0, 0.1) is 0 Å². The van der Waals surface area contributed by atoms with Gasteiger partial charge in [-0.05, 0) is 25.1 Å². The lowest BCUT2D eigenvalue weighted by molar-refractivity contribution is 0.258. The quantitative estimate of drug-likeness (QED) is 0.362. The summed E-state index contributed by atoms with van der Waals surface area (Å²) in [6.45, 7) is 7.31. The van der Waals surface area contributed by atoms with Crippen LogP contribution in [0.2, 0.25) is 0 Å². The van der Waals surface area contributed by atoms with Crippen LogP contribution in [0.3, 0.4) is 0 Å². The van der Waals surface area contributed by atoms with E-state index in [1.165, 1.54) is 6.42 Å². The molecule has 0 bridgehead atoms. The predicted molar refractivity (Wildman–Crippen MR) is 75.7 cm³/mol. The smallest absolute Gasteiger partial charge is 0.190 e. The Balaban J connectivity index is 2.11. The van der Waals surface area contributed by atoms with Gasteiger partial charge in [-0.1, -0.05) is 12.1 Å². The van der Waals surface area contributed by atoms with Gasteiger partial charge in [-0.2, -0.15) is 0 Å². The van der Waals surface area contributed by atoms with Gasteiger partial charge >= 0.3 is 0 Å². The van der Waals surface area contributed by atoms with Crippen molar-refractivity contribution in [2.24, 2.45) is 10.9 Å². The normalized spacial score (nSPS) is 17.7. The summed E-state index contributed by atoms with van der Waals surface area (Å²) in [5.74, 6) is 0.0617. The van der Waals surface area contributed by atoms with Crippen molar-refractivity contribution in [1.82, 2.24) is 9.88 Å². The molecule has 2 rings (SSSR count). The second kappa shape index (κ2) is 6.38. The number of oxime groups is 1. The fourth-order valence-electron chi connectivity index (χ4n) is 2.43. The summed E-state index contributed by atoms with van der Waals surface area (Å²) in [6.07, 6.45) is 2.84. The number of aromatic nitrogens is 1. The Morgan fingerprint density at radius 1 is 1.42 bits per heavy atom. The Morgan fingerprint density at radius 3 is 2.79 bits per heavy atom. The molecule has 1 aromatic rings. The van der Waals surface area contributed by atoms with Crippen molar-refractivity contribution < 1.29 is 5.21 Å². The SMILES string of the molecule is CCCN1CCN(c2cccnc2/C(N)=N/O)CC1. The molecule has 0 unspecified atom stereocenters. The van der Waals surface area contributed by atoms with Crippen LogP contribution in [0.25, 0.3) is 0 Å². The van der Waals surface area contributed by atoms with E-state index in [0.29, 0.717) is 5.69 Å². The van der Waals surface area contributed by atoms with E-state index in [-0.39, 0.29) is 5.84 Å². The molecule has 0 atom stereocenters. The van der Waals surface area contributed by atoms with Crippen molar-refractivity contribution >= 4 is 11.5 Å². The van der Waals surface area contributed by atoms with E-state index in [9.17, 15) is 0 Å². The molecule has 0 aliphatic carbocycles. The molecule has 19 heavy (non-hydrogen) atoms. The summed E-state index contributed by atoms with van der Waals surface area (Å²) in [7, 11) is 0. The van der Waals surface area contributed by atoms with Crippen molar-refractivity contribution in [2.45, 2.75) is 13.3 Å². The Bertz CT molecular complexity index is 440. The van der Waals surface area contributed by atoms with Crippen molar-refractivity contribution in [2.75, 3.05) is 37.6 Å². The topological polar surface area (TPSA) is 78.0 Å². The minimum Gasteiger partial charge on any atom is -0.409 e. The third-order valence-corrected chi connectivity index (χ3v) is 3.39. The van der Waals surface area contributed by atoms with Crippen LogP contribution < -0.4 is 10.6 Å². The molecule has 3 N–H and O–H groups in total. The first-order valence-electron chi connectivity index (χ1n) is 6.66. The van der Waals surface area contributed by atoms with E-state index in [4.69, 9.17) is 10.9 Å². The molecular formula is C13H21N5O. The number of rotatable bonds is 4. The first kappa shape index (κ1) is 13.6. The lowest BCUT2D eigenvalue weighted by atomic mass is 10.2. The zero-order valence-electron chi connectivity index (χ0n) is 11.3. The van der Waals surface area contributed by atoms with E-state index in [2.05, 4.69) is 26.9 Å². The maximum atomic E-state index is 8.82. The maximum absolute atomic E-state index is 8.82. The molecule has 1 aromatic heterocycles. The van der Waals surface area contributed by atoms with E-state index >= 15 is 0 Å². The lowest BCUT2D eigenvalue weighted by Gasteiger charge is -2.36. The zero-order chi connectivity index (χ0) is 13.7. The van der Waals surface area contributed by atoms with Crippen LogP contribution >= 0.6 is 0 Å². The van der Waals surface area contributed by atoms with Gasteiger partial charge in [-0.3, -0.25) is 9.88 Å². The molecule has 2 heterocycles. The molecule has 1 saturated heterocycles. The average molecular weight is 263 g/mol. The van der Waals surface area contributed by atoms with Gasteiger partial charge in [0.2, 0.25) is 0 Å². The van der Waals surface area contributed by atoms with Crippen molar-refractivity contribution in [3.05, 3.63) is 24.0 Å². The fraction of sp³-hybridized carbons (Fsp3) is 0.538.